The summed E-state index contributed by atoms with van der Waals surface area (Å²) in [6.07, 6.45) is 3.34. The van der Waals surface area contributed by atoms with Crippen LogP contribution in [-0.4, -0.2) is 25.7 Å². The van der Waals surface area contributed by atoms with Gasteiger partial charge in [-0.15, -0.1) is 0 Å². The van der Waals surface area contributed by atoms with Crippen molar-refractivity contribution in [3.63, 3.8) is 0 Å². The van der Waals surface area contributed by atoms with E-state index in [0.717, 1.165) is 31.7 Å². The van der Waals surface area contributed by atoms with Gasteiger partial charge in [-0.25, -0.2) is 17.5 Å². The molecule has 1 aliphatic carbocycles. The fourth-order valence-electron chi connectivity index (χ4n) is 2.37. The molecule has 0 saturated heterocycles. The fourth-order valence-corrected chi connectivity index (χ4v) is 3.92. The number of nitrogens with one attached hydrogen (secondary N) is 1. The number of rotatable bonds is 4. The Kier molecular flexibility index (Phi) is 4.67. The van der Waals surface area contributed by atoms with E-state index < -0.39 is 15.8 Å². The van der Waals surface area contributed by atoms with Crippen LogP contribution in [0.2, 0.25) is 0 Å². The third kappa shape index (κ3) is 3.43. The average Bonchev–Trinajstić information content (AvgIpc) is 2.41. The van der Waals surface area contributed by atoms with E-state index in [1.54, 1.807) is 0 Å². The second kappa shape index (κ2) is 6.14. The van der Waals surface area contributed by atoms with Gasteiger partial charge in [-0.05, 0) is 43.9 Å². The van der Waals surface area contributed by atoms with Crippen molar-refractivity contribution < 1.29 is 17.9 Å². The SMILES string of the molecule is CCC1(NS(=O)(=O)c2ccc(C#CCO)c(F)c2)CCC1. The molecule has 0 radical (unpaired) electrons. The molecule has 0 aliphatic heterocycles. The quantitative estimate of drug-likeness (QED) is 0.833. The Morgan fingerprint density at radius 2 is 2.14 bits per heavy atom. The highest BCUT2D eigenvalue weighted by Gasteiger charge is 2.39. The molecular formula is C15H18FNO3S. The molecule has 1 fully saturated rings. The molecule has 1 saturated carbocycles. The van der Waals surface area contributed by atoms with E-state index in [1.807, 2.05) is 6.92 Å². The second-order valence-electron chi connectivity index (χ2n) is 5.19. The number of sulfonamides is 1. The van der Waals surface area contributed by atoms with Crippen molar-refractivity contribution in [1.29, 1.82) is 0 Å². The number of aliphatic hydroxyl groups is 1. The molecule has 0 bridgehead atoms. The highest BCUT2D eigenvalue weighted by atomic mass is 32.2. The highest BCUT2D eigenvalue weighted by molar-refractivity contribution is 7.89. The van der Waals surface area contributed by atoms with E-state index >= 15 is 0 Å². The Labute approximate surface area is 124 Å². The van der Waals surface area contributed by atoms with Crippen LogP contribution in [0.15, 0.2) is 23.1 Å². The van der Waals surface area contributed by atoms with Gasteiger partial charge < -0.3 is 5.11 Å². The summed E-state index contributed by atoms with van der Waals surface area (Å²) in [7, 11) is -3.74. The zero-order valence-electron chi connectivity index (χ0n) is 11.8. The van der Waals surface area contributed by atoms with Gasteiger partial charge in [0.2, 0.25) is 10.0 Å². The monoisotopic (exact) mass is 311 g/mol. The van der Waals surface area contributed by atoms with Crippen molar-refractivity contribution in [3.8, 4) is 11.8 Å². The molecule has 1 aliphatic rings. The van der Waals surface area contributed by atoms with Crippen molar-refractivity contribution in [1.82, 2.24) is 4.72 Å². The fraction of sp³-hybridized carbons (Fsp3) is 0.467. The Balaban J connectivity index is 2.26. The molecule has 1 aromatic rings. The molecule has 0 unspecified atom stereocenters. The minimum absolute atomic E-state index is 0.0665. The summed E-state index contributed by atoms with van der Waals surface area (Å²) in [6, 6.07) is 3.60. The predicted octanol–water partition coefficient (Wildman–Crippen LogP) is 1.78. The molecule has 6 heteroatoms. The van der Waals surface area contributed by atoms with E-state index in [9.17, 15) is 12.8 Å². The van der Waals surface area contributed by atoms with Gasteiger partial charge >= 0.3 is 0 Å². The molecule has 114 valence electrons. The normalized spacial score (nSPS) is 16.7. The lowest BCUT2D eigenvalue weighted by Gasteiger charge is -2.41. The van der Waals surface area contributed by atoms with Crippen LogP contribution >= 0.6 is 0 Å². The van der Waals surface area contributed by atoms with E-state index in [4.69, 9.17) is 5.11 Å². The van der Waals surface area contributed by atoms with Gasteiger partial charge in [-0.1, -0.05) is 18.8 Å². The summed E-state index contributed by atoms with van der Waals surface area (Å²) >= 11 is 0. The van der Waals surface area contributed by atoms with Gasteiger partial charge in [0.25, 0.3) is 0 Å². The third-order valence-corrected chi connectivity index (χ3v) is 5.47. The van der Waals surface area contributed by atoms with Crippen molar-refractivity contribution in [3.05, 3.63) is 29.6 Å². The van der Waals surface area contributed by atoms with E-state index in [2.05, 4.69) is 16.6 Å². The molecule has 0 spiro atoms. The number of hydrogen-bond donors (Lipinski definition) is 2. The van der Waals surface area contributed by atoms with Crippen LogP contribution in [0.25, 0.3) is 0 Å². The van der Waals surface area contributed by atoms with Crippen molar-refractivity contribution >= 4 is 10.0 Å². The molecule has 0 amide bonds. The maximum absolute atomic E-state index is 13.8. The van der Waals surface area contributed by atoms with Crippen LogP contribution in [0, 0.1) is 17.7 Å². The number of aliphatic hydroxyl groups excluding tert-OH is 1. The first-order valence-corrected chi connectivity index (χ1v) is 8.34. The van der Waals surface area contributed by atoms with Crippen LogP contribution < -0.4 is 4.72 Å². The molecular weight excluding hydrogens is 293 g/mol. The van der Waals surface area contributed by atoms with E-state index in [0.29, 0.717) is 0 Å². The standard InChI is InChI=1S/C15H18FNO3S/c1-2-15(8-4-9-15)17-21(19,20)13-7-6-12(5-3-10-18)14(16)11-13/h6-7,11,17-18H,2,4,8-10H2,1H3. The maximum atomic E-state index is 13.8. The lowest BCUT2D eigenvalue weighted by Crippen LogP contribution is -2.52. The first-order valence-electron chi connectivity index (χ1n) is 6.86. The zero-order chi connectivity index (χ0) is 15.5. The van der Waals surface area contributed by atoms with Gasteiger partial charge in [0.1, 0.15) is 12.4 Å². The molecule has 2 rings (SSSR count). The molecule has 1 aromatic carbocycles. The molecule has 2 N–H and O–H groups in total. The smallest absolute Gasteiger partial charge is 0.241 e. The topological polar surface area (TPSA) is 66.4 Å². The predicted molar refractivity (Wildman–Crippen MR) is 77.6 cm³/mol. The molecule has 4 nitrogen and oxygen atoms in total. The van der Waals surface area contributed by atoms with Crippen molar-refractivity contribution in [2.24, 2.45) is 0 Å². The van der Waals surface area contributed by atoms with Crippen molar-refractivity contribution in [2.75, 3.05) is 6.61 Å². The van der Waals surface area contributed by atoms with Crippen LogP contribution in [-0.2, 0) is 10.0 Å². The van der Waals surface area contributed by atoms with Gasteiger partial charge in [-0.3, -0.25) is 0 Å². The van der Waals surface area contributed by atoms with Crippen molar-refractivity contribution in [2.45, 2.75) is 43.0 Å². The average molecular weight is 311 g/mol. The number of benzene rings is 1. The van der Waals surface area contributed by atoms with Gasteiger partial charge in [0.05, 0.1) is 10.5 Å². The third-order valence-electron chi connectivity index (χ3n) is 3.89. The molecule has 0 heterocycles. The Morgan fingerprint density at radius 3 is 2.62 bits per heavy atom. The van der Waals surface area contributed by atoms with Crippen LogP contribution in [0.1, 0.15) is 38.2 Å². The largest absolute Gasteiger partial charge is 0.384 e. The Hall–Kier alpha value is -1.42. The van der Waals surface area contributed by atoms with Crippen LogP contribution in [0.3, 0.4) is 0 Å². The van der Waals surface area contributed by atoms with Gasteiger partial charge in [0.15, 0.2) is 0 Å². The summed E-state index contributed by atoms with van der Waals surface area (Å²) in [4.78, 5) is -0.103. The Bertz CT molecular complexity index is 679. The second-order valence-corrected chi connectivity index (χ2v) is 6.88. The summed E-state index contributed by atoms with van der Waals surface area (Å²) in [6.45, 7) is 1.57. The van der Waals surface area contributed by atoms with E-state index in [1.165, 1.54) is 12.1 Å². The summed E-state index contributed by atoms with van der Waals surface area (Å²) in [5.74, 6) is 4.05. The number of hydrogen-bond acceptors (Lipinski definition) is 3. The zero-order valence-corrected chi connectivity index (χ0v) is 12.6. The van der Waals surface area contributed by atoms with Gasteiger partial charge in [0, 0.05) is 5.54 Å². The first kappa shape index (κ1) is 16.0. The Morgan fingerprint density at radius 1 is 1.43 bits per heavy atom. The number of halogens is 1. The lowest BCUT2D eigenvalue weighted by atomic mass is 9.76. The minimum Gasteiger partial charge on any atom is -0.384 e. The van der Waals surface area contributed by atoms with Gasteiger partial charge in [-0.2, -0.15) is 0 Å². The summed E-state index contributed by atoms with van der Waals surface area (Å²) < 4.78 is 41.2. The first-order chi connectivity index (χ1) is 9.92. The molecule has 0 atom stereocenters. The molecule has 21 heavy (non-hydrogen) atoms. The molecule has 0 aromatic heterocycles. The summed E-state index contributed by atoms with van der Waals surface area (Å²) in [5.41, 5.74) is -0.318. The van der Waals surface area contributed by atoms with E-state index in [-0.39, 0.29) is 22.6 Å². The van der Waals surface area contributed by atoms with Crippen LogP contribution in [0.4, 0.5) is 4.39 Å². The summed E-state index contributed by atoms with van der Waals surface area (Å²) in [5, 5.41) is 8.59. The van der Waals surface area contributed by atoms with Crippen LogP contribution in [0.5, 0.6) is 0 Å². The highest BCUT2D eigenvalue weighted by Crippen LogP contribution is 2.36. The maximum Gasteiger partial charge on any atom is 0.241 e. The minimum atomic E-state index is -3.74. The lowest BCUT2D eigenvalue weighted by molar-refractivity contribution is 0.214.